The van der Waals surface area contributed by atoms with Crippen LogP contribution < -0.4 is 0 Å². The average Bonchev–Trinajstić information content (AvgIpc) is 3.16. The lowest BCUT2D eigenvalue weighted by Crippen LogP contribution is -2.55. The molecule has 5 rings (SSSR count). The van der Waals surface area contributed by atoms with Gasteiger partial charge in [0, 0.05) is 62.2 Å². The largest absolute Gasteiger partial charge is 0.339 e. The van der Waals surface area contributed by atoms with Gasteiger partial charge in [-0.25, -0.2) is 4.98 Å². The van der Waals surface area contributed by atoms with Crippen molar-refractivity contribution in [2.45, 2.75) is 38.3 Å². The number of hydrogen-bond donors (Lipinski definition) is 0. The van der Waals surface area contributed by atoms with E-state index in [2.05, 4.69) is 20.8 Å². The predicted octanol–water partition coefficient (Wildman–Crippen LogP) is 2.74. The van der Waals surface area contributed by atoms with Gasteiger partial charge in [-0.05, 0) is 25.0 Å². The van der Waals surface area contributed by atoms with E-state index in [0.717, 1.165) is 68.0 Å². The Balaban J connectivity index is 1.17. The molecule has 3 aliphatic rings. The van der Waals surface area contributed by atoms with Gasteiger partial charge in [0.25, 0.3) is 0 Å². The summed E-state index contributed by atoms with van der Waals surface area (Å²) in [6, 6.07) is 10.5. The zero-order chi connectivity index (χ0) is 20.5. The molecule has 0 N–H and O–H groups in total. The highest BCUT2D eigenvalue weighted by Gasteiger charge is 2.30. The van der Waals surface area contributed by atoms with Crippen molar-refractivity contribution in [3.05, 3.63) is 40.4 Å². The summed E-state index contributed by atoms with van der Waals surface area (Å²) < 4.78 is 0. The third-order valence-corrected chi connectivity index (χ3v) is 7.82. The van der Waals surface area contributed by atoms with E-state index in [1.807, 2.05) is 24.3 Å². The van der Waals surface area contributed by atoms with Crippen LogP contribution in [0.3, 0.4) is 0 Å². The van der Waals surface area contributed by atoms with Gasteiger partial charge in [-0.1, -0.05) is 18.6 Å². The fraction of sp³-hybridized carbons (Fsp3) is 0.522. The van der Waals surface area contributed by atoms with E-state index in [1.165, 1.54) is 24.1 Å². The summed E-state index contributed by atoms with van der Waals surface area (Å²) in [6.07, 6.45) is 4.93. The smallest absolute Gasteiger partial charge is 0.236 e. The number of piperazine rings is 1. The second-order valence-corrected chi connectivity index (χ2v) is 9.62. The average molecular weight is 422 g/mol. The summed E-state index contributed by atoms with van der Waals surface area (Å²) in [4.78, 5) is 25.8. The molecule has 1 aromatic heterocycles. The topological polar surface area (TPSA) is 63.5 Å². The Labute approximate surface area is 181 Å². The lowest BCUT2D eigenvalue weighted by molar-refractivity contribution is -0.135. The molecule has 6 nitrogen and oxygen atoms in total. The molecule has 2 fully saturated rings. The quantitative estimate of drug-likeness (QED) is 0.760. The fourth-order valence-corrected chi connectivity index (χ4v) is 5.73. The van der Waals surface area contributed by atoms with Crippen molar-refractivity contribution in [3.63, 3.8) is 0 Å². The second kappa shape index (κ2) is 8.46. The van der Waals surface area contributed by atoms with E-state index in [0.29, 0.717) is 12.1 Å². The second-order valence-electron chi connectivity index (χ2n) is 8.54. The van der Waals surface area contributed by atoms with Gasteiger partial charge in [0.15, 0.2) is 0 Å². The van der Waals surface area contributed by atoms with Gasteiger partial charge < -0.3 is 4.90 Å². The minimum Gasteiger partial charge on any atom is -0.339 e. The van der Waals surface area contributed by atoms with Gasteiger partial charge in [0.2, 0.25) is 5.91 Å². The number of carbonyl (C=O) groups is 1. The third kappa shape index (κ3) is 4.00. The minimum atomic E-state index is 0.267. The maximum Gasteiger partial charge on any atom is 0.236 e. The molecule has 1 aliphatic carbocycles. The first-order valence-corrected chi connectivity index (χ1v) is 11.7. The molecule has 1 saturated heterocycles. The zero-order valence-electron chi connectivity index (χ0n) is 17.2. The lowest BCUT2D eigenvalue weighted by Gasteiger charge is -2.43. The number of nitriles is 1. The molecular weight excluding hydrogens is 394 g/mol. The summed E-state index contributed by atoms with van der Waals surface area (Å²) in [5.41, 5.74) is 2.89. The highest BCUT2D eigenvalue weighted by molar-refractivity contribution is 7.15. The van der Waals surface area contributed by atoms with Gasteiger partial charge >= 0.3 is 0 Å². The van der Waals surface area contributed by atoms with E-state index in [4.69, 9.17) is 10.2 Å². The molecule has 1 saturated carbocycles. The number of hydrogen-bond acceptors (Lipinski definition) is 6. The number of carbonyl (C=O) groups excluding carboxylic acids is 1. The van der Waals surface area contributed by atoms with E-state index >= 15 is 0 Å². The van der Waals surface area contributed by atoms with Crippen LogP contribution in [0.1, 0.15) is 35.4 Å². The Morgan fingerprint density at radius 3 is 2.57 bits per heavy atom. The molecule has 3 heterocycles. The molecule has 7 heteroatoms. The maximum atomic E-state index is 12.9. The van der Waals surface area contributed by atoms with Crippen LogP contribution >= 0.6 is 11.3 Å². The lowest BCUT2D eigenvalue weighted by atomic mass is 9.91. The molecule has 0 radical (unpaired) electrons. The van der Waals surface area contributed by atoms with Crippen LogP contribution in [0, 0.1) is 11.3 Å². The van der Waals surface area contributed by atoms with Crippen LogP contribution in [0.4, 0.5) is 0 Å². The summed E-state index contributed by atoms with van der Waals surface area (Å²) in [5, 5.41) is 9.98. The normalized spacial score (nSPS) is 20.4. The van der Waals surface area contributed by atoms with Crippen LogP contribution in [0.15, 0.2) is 24.3 Å². The predicted molar refractivity (Wildman–Crippen MR) is 117 cm³/mol. The summed E-state index contributed by atoms with van der Waals surface area (Å²) in [5.74, 6) is 0.267. The minimum absolute atomic E-state index is 0.267. The summed E-state index contributed by atoms with van der Waals surface area (Å²) >= 11 is 1.71. The van der Waals surface area contributed by atoms with Crippen molar-refractivity contribution >= 4 is 17.2 Å². The third-order valence-electron chi connectivity index (χ3n) is 6.69. The van der Waals surface area contributed by atoms with E-state index < -0.39 is 0 Å². The Morgan fingerprint density at radius 1 is 1.13 bits per heavy atom. The molecule has 30 heavy (non-hydrogen) atoms. The number of aromatic nitrogens is 1. The van der Waals surface area contributed by atoms with Crippen LogP contribution in [-0.4, -0.2) is 70.9 Å². The van der Waals surface area contributed by atoms with Crippen LogP contribution in [0.2, 0.25) is 0 Å². The molecule has 156 valence electrons. The number of nitrogens with zero attached hydrogens (tertiary/aromatic N) is 5. The van der Waals surface area contributed by atoms with Gasteiger partial charge in [-0.2, -0.15) is 5.26 Å². The molecule has 0 atom stereocenters. The van der Waals surface area contributed by atoms with Crippen molar-refractivity contribution in [1.29, 1.82) is 5.26 Å². The molecule has 1 aromatic carbocycles. The standard InChI is InChI=1S/C23H27N5OS/c24-14-17-4-6-18(7-5-17)23-25-20-8-9-26(15-21(20)30-23)16-22(29)28-12-10-27(11-13-28)19-2-1-3-19/h4-7,19H,1-3,8-13,15-16H2. The number of rotatable bonds is 4. The Morgan fingerprint density at radius 2 is 1.90 bits per heavy atom. The fourth-order valence-electron chi connectivity index (χ4n) is 4.57. The van der Waals surface area contributed by atoms with Crippen molar-refractivity contribution in [2.24, 2.45) is 0 Å². The number of amides is 1. The van der Waals surface area contributed by atoms with E-state index in [9.17, 15) is 4.79 Å². The highest BCUT2D eigenvalue weighted by Crippen LogP contribution is 2.32. The summed E-state index contributed by atoms with van der Waals surface area (Å²) in [7, 11) is 0. The molecule has 1 amide bonds. The van der Waals surface area contributed by atoms with Crippen molar-refractivity contribution in [2.75, 3.05) is 39.3 Å². The van der Waals surface area contributed by atoms with E-state index in [1.54, 1.807) is 11.3 Å². The molecule has 0 unspecified atom stereocenters. The van der Waals surface area contributed by atoms with Gasteiger partial charge in [0.05, 0.1) is 23.9 Å². The molecule has 2 aliphatic heterocycles. The van der Waals surface area contributed by atoms with Crippen molar-refractivity contribution in [3.8, 4) is 16.6 Å². The highest BCUT2D eigenvalue weighted by atomic mass is 32.1. The van der Waals surface area contributed by atoms with Gasteiger partial charge in [-0.15, -0.1) is 11.3 Å². The van der Waals surface area contributed by atoms with Crippen molar-refractivity contribution < 1.29 is 4.79 Å². The Kier molecular flexibility index (Phi) is 5.55. The van der Waals surface area contributed by atoms with Crippen LogP contribution in [-0.2, 0) is 17.8 Å². The number of thiazole rings is 1. The van der Waals surface area contributed by atoms with Crippen molar-refractivity contribution in [1.82, 2.24) is 19.7 Å². The Bertz CT molecular complexity index is 951. The summed E-state index contributed by atoms with van der Waals surface area (Å²) in [6.45, 7) is 6.00. The molecule has 0 bridgehead atoms. The van der Waals surface area contributed by atoms with Gasteiger partial charge in [0.1, 0.15) is 5.01 Å². The maximum absolute atomic E-state index is 12.9. The molecular formula is C23H27N5OS. The van der Waals surface area contributed by atoms with Crippen LogP contribution in [0.25, 0.3) is 10.6 Å². The number of benzene rings is 1. The number of fused-ring (bicyclic) bond motifs is 1. The molecule has 2 aromatic rings. The molecule has 0 spiro atoms. The monoisotopic (exact) mass is 421 g/mol. The van der Waals surface area contributed by atoms with Crippen LogP contribution in [0.5, 0.6) is 0 Å². The SMILES string of the molecule is N#Cc1ccc(-c2nc3c(s2)CN(CC(=O)N2CCN(C4CCC4)CC2)CC3)cc1. The first-order chi connectivity index (χ1) is 14.7. The van der Waals surface area contributed by atoms with E-state index in [-0.39, 0.29) is 5.91 Å². The first kappa shape index (κ1) is 19.7. The first-order valence-electron chi connectivity index (χ1n) is 10.9. The Hall–Kier alpha value is -2.27. The van der Waals surface area contributed by atoms with Gasteiger partial charge in [-0.3, -0.25) is 14.6 Å². The zero-order valence-corrected chi connectivity index (χ0v) is 18.0.